The van der Waals surface area contributed by atoms with Crippen LogP contribution in [0, 0.1) is 6.92 Å². The molecule has 0 bridgehead atoms. The first-order valence-corrected chi connectivity index (χ1v) is 11.6. The Morgan fingerprint density at radius 2 is 1.69 bits per heavy atom. The summed E-state index contributed by atoms with van der Waals surface area (Å²) >= 11 is 6.00. The van der Waals surface area contributed by atoms with E-state index in [1.54, 1.807) is 43.3 Å². The van der Waals surface area contributed by atoms with Gasteiger partial charge in [-0.2, -0.15) is 0 Å². The fraction of sp³-hybridized carbons (Fsp3) is 0.179. The molecule has 1 amide bonds. The number of benzene rings is 3. The molecule has 35 heavy (non-hydrogen) atoms. The summed E-state index contributed by atoms with van der Waals surface area (Å²) in [6.07, 6.45) is -0.812. The number of hydrogen-bond acceptors (Lipinski definition) is 4. The van der Waals surface area contributed by atoms with Gasteiger partial charge in [0.15, 0.2) is 6.10 Å². The molecule has 0 spiro atoms. The number of aryl methyl sites for hydroxylation is 1. The molecular formula is C28H25ClN2O4. The molecule has 0 radical (unpaired) electrons. The number of anilines is 1. The number of nitrogens with one attached hydrogen (secondary N) is 1. The van der Waals surface area contributed by atoms with Crippen molar-refractivity contribution in [2.75, 3.05) is 5.32 Å². The third-order valence-electron chi connectivity index (χ3n) is 5.84. The zero-order chi connectivity index (χ0) is 25.1. The van der Waals surface area contributed by atoms with Gasteiger partial charge in [-0.3, -0.25) is 9.59 Å². The molecule has 6 nitrogen and oxygen atoms in total. The average molecular weight is 489 g/mol. The normalized spacial score (nSPS) is 11.8. The van der Waals surface area contributed by atoms with Crippen LogP contribution >= 0.6 is 11.6 Å². The fourth-order valence-electron chi connectivity index (χ4n) is 4.01. The molecule has 4 aromatic rings. The van der Waals surface area contributed by atoms with E-state index >= 15 is 0 Å². The number of aromatic nitrogens is 1. The number of nitrogens with zero attached hydrogens (tertiary/aromatic N) is 1. The first-order chi connectivity index (χ1) is 16.8. The minimum atomic E-state index is -1.06. The van der Waals surface area contributed by atoms with Crippen molar-refractivity contribution in [3.05, 3.63) is 99.4 Å². The van der Waals surface area contributed by atoms with Crippen molar-refractivity contribution in [1.29, 1.82) is 0 Å². The lowest BCUT2D eigenvalue weighted by Gasteiger charge is -2.20. The van der Waals surface area contributed by atoms with E-state index in [4.69, 9.17) is 16.3 Å². The lowest BCUT2D eigenvalue weighted by Crippen LogP contribution is -2.34. The number of rotatable bonds is 6. The summed E-state index contributed by atoms with van der Waals surface area (Å²) in [7, 11) is 1.54. The number of halogens is 1. The summed E-state index contributed by atoms with van der Waals surface area (Å²) in [6, 6.07) is 21.6. The van der Waals surface area contributed by atoms with Gasteiger partial charge in [0.2, 0.25) is 0 Å². The number of amides is 1. The van der Waals surface area contributed by atoms with Crippen molar-refractivity contribution in [1.82, 2.24) is 4.57 Å². The highest BCUT2D eigenvalue weighted by Gasteiger charge is 2.27. The Bertz CT molecular complexity index is 1480. The molecule has 7 heteroatoms. The van der Waals surface area contributed by atoms with Crippen molar-refractivity contribution in [2.45, 2.75) is 26.4 Å². The quantitative estimate of drug-likeness (QED) is 0.351. The van der Waals surface area contributed by atoms with Gasteiger partial charge in [-0.1, -0.05) is 72.6 Å². The van der Waals surface area contributed by atoms with Gasteiger partial charge in [0.05, 0.1) is 0 Å². The molecular weight excluding hydrogens is 464 g/mol. The molecule has 0 saturated heterocycles. The summed E-state index contributed by atoms with van der Waals surface area (Å²) < 4.78 is 6.97. The van der Waals surface area contributed by atoms with Crippen LogP contribution < -0.4 is 10.9 Å². The highest BCUT2D eigenvalue weighted by atomic mass is 35.5. The molecule has 178 valence electrons. The lowest BCUT2D eigenvalue weighted by molar-refractivity contribution is -0.124. The highest BCUT2D eigenvalue weighted by molar-refractivity contribution is 6.30. The van der Waals surface area contributed by atoms with E-state index in [1.807, 2.05) is 43.3 Å². The van der Waals surface area contributed by atoms with Crippen LogP contribution in [0.15, 0.2) is 77.6 Å². The Morgan fingerprint density at radius 3 is 2.34 bits per heavy atom. The van der Waals surface area contributed by atoms with Crippen molar-refractivity contribution in [3.8, 4) is 11.1 Å². The van der Waals surface area contributed by atoms with Crippen LogP contribution in [-0.4, -0.2) is 22.5 Å². The monoisotopic (exact) mass is 488 g/mol. The molecule has 0 fully saturated rings. The third-order valence-corrected chi connectivity index (χ3v) is 6.08. The van der Waals surface area contributed by atoms with E-state index in [1.165, 1.54) is 11.6 Å². The average Bonchev–Trinajstić information content (AvgIpc) is 2.85. The molecule has 0 aliphatic rings. The van der Waals surface area contributed by atoms with E-state index in [2.05, 4.69) is 5.32 Å². The first-order valence-electron chi connectivity index (χ1n) is 11.3. The molecule has 4 rings (SSSR count). The molecule has 0 aliphatic heterocycles. The Kier molecular flexibility index (Phi) is 7.03. The van der Waals surface area contributed by atoms with Crippen molar-refractivity contribution in [2.24, 2.45) is 7.05 Å². The molecule has 1 aromatic heterocycles. The molecule has 1 unspecified atom stereocenters. The summed E-state index contributed by atoms with van der Waals surface area (Å²) in [6.45, 7) is 3.72. The van der Waals surface area contributed by atoms with Gasteiger partial charge in [-0.15, -0.1) is 0 Å². The number of carbonyl (C=O) groups is 2. The summed E-state index contributed by atoms with van der Waals surface area (Å²) in [5.41, 5.74) is 2.68. The number of hydrogen-bond donors (Lipinski definition) is 1. The summed E-state index contributed by atoms with van der Waals surface area (Å²) in [5, 5.41) is 4.34. The summed E-state index contributed by atoms with van der Waals surface area (Å²) in [5.74, 6) is -1.23. The molecule has 1 N–H and O–H groups in total. The van der Waals surface area contributed by atoms with Gasteiger partial charge in [-0.05, 0) is 48.6 Å². The second kappa shape index (κ2) is 10.2. The highest BCUT2D eigenvalue weighted by Crippen LogP contribution is 2.31. The number of ether oxygens (including phenoxy) is 1. The fourth-order valence-corrected chi connectivity index (χ4v) is 4.20. The Labute approximate surface area is 208 Å². The SMILES string of the molecule is CCC(OC(=O)c1c(-c2ccc(C)cc2)c2ccccc2c(=O)n1C)C(=O)Nc1cccc(Cl)c1. The van der Waals surface area contributed by atoms with E-state index < -0.39 is 18.0 Å². The Morgan fingerprint density at radius 1 is 1.00 bits per heavy atom. The maximum absolute atomic E-state index is 13.5. The molecule has 0 saturated carbocycles. The first kappa shape index (κ1) is 24.2. The van der Waals surface area contributed by atoms with Gasteiger partial charge in [0.1, 0.15) is 5.69 Å². The van der Waals surface area contributed by atoms with Crippen LogP contribution in [-0.2, 0) is 16.6 Å². The van der Waals surface area contributed by atoms with E-state index in [0.29, 0.717) is 27.0 Å². The van der Waals surface area contributed by atoms with Gasteiger partial charge < -0.3 is 14.6 Å². The zero-order valence-corrected chi connectivity index (χ0v) is 20.4. The predicted molar refractivity (Wildman–Crippen MR) is 139 cm³/mol. The van der Waals surface area contributed by atoms with Crippen LogP contribution in [0.2, 0.25) is 5.02 Å². The molecule has 0 aliphatic carbocycles. The van der Waals surface area contributed by atoms with Crippen LogP contribution in [0.4, 0.5) is 5.69 Å². The second-order valence-electron chi connectivity index (χ2n) is 8.30. The van der Waals surface area contributed by atoms with Crippen LogP contribution in [0.1, 0.15) is 29.4 Å². The van der Waals surface area contributed by atoms with Crippen molar-refractivity contribution in [3.63, 3.8) is 0 Å². The smallest absolute Gasteiger partial charge is 0.356 e. The Hall–Kier alpha value is -3.90. The van der Waals surface area contributed by atoms with Gasteiger partial charge in [-0.25, -0.2) is 4.79 Å². The van der Waals surface area contributed by atoms with E-state index in [9.17, 15) is 14.4 Å². The van der Waals surface area contributed by atoms with Crippen LogP contribution in [0.25, 0.3) is 21.9 Å². The lowest BCUT2D eigenvalue weighted by atomic mass is 9.96. The van der Waals surface area contributed by atoms with E-state index in [-0.39, 0.29) is 17.7 Å². The number of carbonyl (C=O) groups excluding carboxylic acids is 2. The topological polar surface area (TPSA) is 77.4 Å². The summed E-state index contributed by atoms with van der Waals surface area (Å²) in [4.78, 5) is 39.5. The van der Waals surface area contributed by atoms with Gasteiger partial charge in [0.25, 0.3) is 11.5 Å². The number of pyridine rings is 1. The molecule has 1 atom stereocenters. The van der Waals surface area contributed by atoms with Crippen molar-refractivity contribution < 1.29 is 14.3 Å². The minimum absolute atomic E-state index is 0.0894. The number of fused-ring (bicyclic) bond motifs is 1. The third kappa shape index (κ3) is 4.98. The maximum atomic E-state index is 13.5. The van der Waals surface area contributed by atoms with Gasteiger partial charge >= 0.3 is 5.97 Å². The largest absolute Gasteiger partial charge is 0.448 e. The maximum Gasteiger partial charge on any atom is 0.356 e. The van der Waals surface area contributed by atoms with Crippen LogP contribution in [0.5, 0.6) is 0 Å². The second-order valence-corrected chi connectivity index (χ2v) is 8.74. The molecule has 3 aromatic carbocycles. The van der Waals surface area contributed by atoms with E-state index in [0.717, 1.165) is 11.1 Å². The van der Waals surface area contributed by atoms with Gasteiger partial charge in [0, 0.05) is 28.7 Å². The standard InChI is InChI=1S/C28H25ClN2O4/c1-4-23(26(32)30-20-9-7-8-19(29)16-20)35-28(34)25-24(18-14-12-17(2)13-15-18)21-10-5-6-11-22(21)27(33)31(25)3/h5-16,23H,4H2,1-3H3,(H,30,32). The Balaban J connectivity index is 1.76. The molecule has 1 heterocycles. The van der Waals surface area contributed by atoms with Crippen LogP contribution in [0.3, 0.4) is 0 Å². The predicted octanol–water partition coefficient (Wildman–Crippen LogP) is 5.74. The minimum Gasteiger partial charge on any atom is -0.448 e. The zero-order valence-electron chi connectivity index (χ0n) is 19.7. The number of esters is 1. The van der Waals surface area contributed by atoms with Crippen molar-refractivity contribution >= 4 is 39.9 Å².